The summed E-state index contributed by atoms with van der Waals surface area (Å²) in [4.78, 5) is 11.8. The average molecular weight is 546 g/mol. The summed E-state index contributed by atoms with van der Waals surface area (Å²) < 4.78 is 12.7. The van der Waals surface area contributed by atoms with Gasteiger partial charge in [0.05, 0.1) is 23.3 Å². The molecule has 8 rings (SSSR count). The van der Waals surface area contributed by atoms with Crippen LogP contribution in [0.15, 0.2) is 132 Å². The van der Waals surface area contributed by atoms with Gasteiger partial charge in [0.15, 0.2) is 5.58 Å². The highest BCUT2D eigenvalue weighted by atomic mass is 16.5. The van der Waals surface area contributed by atoms with E-state index in [1.54, 1.807) is 6.20 Å². The fraction of sp³-hybridized carbons (Fsp3) is 0.0811. The van der Waals surface area contributed by atoms with Crippen molar-refractivity contribution < 1.29 is 9.15 Å². The van der Waals surface area contributed by atoms with Crippen LogP contribution in [0.1, 0.15) is 25.0 Å². The predicted octanol–water partition coefficient (Wildman–Crippen LogP) is 9.94. The summed E-state index contributed by atoms with van der Waals surface area (Å²) in [6.45, 7) is 4.55. The summed E-state index contributed by atoms with van der Waals surface area (Å²) in [6.07, 6.45) is 3.66. The standard InChI is InChI=1S/C37H27N3O2/c1-37(2)29-16-4-5-18-31(29)40(36-35(37)34-28-15-3-6-19-32(28)42-33(34)23-39-36)25-12-10-14-27(22-25)41-26-13-9-11-24(21-26)30-17-7-8-20-38-30/h3-23H,1-2H3. The highest BCUT2D eigenvalue weighted by molar-refractivity contribution is 6.10. The molecule has 42 heavy (non-hydrogen) atoms. The van der Waals surface area contributed by atoms with Crippen molar-refractivity contribution in [3.8, 4) is 22.8 Å². The monoisotopic (exact) mass is 545 g/mol. The molecule has 4 aromatic carbocycles. The molecule has 202 valence electrons. The Kier molecular flexibility index (Phi) is 5.41. The fourth-order valence-corrected chi connectivity index (χ4v) is 6.25. The Morgan fingerprint density at radius 1 is 0.714 bits per heavy atom. The molecule has 3 aromatic heterocycles. The Bertz CT molecular complexity index is 2110. The maximum atomic E-state index is 6.41. The van der Waals surface area contributed by atoms with Gasteiger partial charge in [-0.15, -0.1) is 0 Å². The zero-order valence-electron chi connectivity index (χ0n) is 23.3. The van der Waals surface area contributed by atoms with Crippen molar-refractivity contribution in [3.63, 3.8) is 0 Å². The highest BCUT2D eigenvalue weighted by Gasteiger charge is 2.40. The van der Waals surface area contributed by atoms with Gasteiger partial charge in [0.1, 0.15) is 22.9 Å². The number of hydrogen-bond acceptors (Lipinski definition) is 5. The lowest BCUT2D eigenvalue weighted by molar-refractivity contribution is 0.483. The molecule has 0 aliphatic carbocycles. The number of para-hydroxylation sites is 2. The van der Waals surface area contributed by atoms with Crippen molar-refractivity contribution in [1.29, 1.82) is 0 Å². The number of nitrogens with zero attached hydrogens (tertiary/aromatic N) is 3. The summed E-state index contributed by atoms with van der Waals surface area (Å²) in [5.74, 6) is 2.39. The molecular weight excluding hydrogens is 518 g/mol. The molecule has 0 radical (unpaired) electrons. The van der Waals surface area contributed by atoms with Gasteiger partial charge in [0.25, 0.3) is 0 Å². The third-order valence-electron chi connectivity index (χ3n) is 8.16. The van der Waals surface area contributed by atoms with E-state index < -0.39 is 0 Å². The second kappa shape index (κ2) is 9.32. The molecule has 0 saturated heterocycles. The van der Waals surface area contributed by atoms with Gasteiger partial charge in [-0.3, -0.25) is 9.88 Å². The molecule has 0 bridgehead atoms. The molecule has 5 heteroatoms. The van der Waals surface area contributed by atoms with Crippen molar-refractivity contribution in [1.82, 2.24) is 9.97 Å². The Labute approximate surface area is 243 Å². The van der Waals surface area contributed by atoms with E-state index in [1.807, 2.05) is 72.9 Å². The molecule has 5 nitrogen and oxygen atoms in total. The minimum atomic E-state index is -0.304. The van der Waals surface area contributed by atoms with Crippen LogP contribution in [0, 0.1) is 0 Å². The first-order valence-electron chi connectivity index (χ1n) is 14.1. The molecule has 0 unspecified atom stereocenters. The maximum absolute atomic E-state index is 6.41. The van der Waals surface area contributed by atoms with E-state index in [2.05, 4.69) is 72.3 Å². The SMILES string of the molecule is CC1(C)c2ccccc2N(c2cccc(Oc3cccc(-c4ccccn4)c3)c2)c2ncc3oc4ccccc4c3c21. The van der Waals surface area contributed by atoms with E-state index in [-0.39, 0.29) is 5.41 Å². The molecule has 0 fully saturated rings. The third-order valence-corrected chi connectivity index (χ3v) is 8.16. The number of fused-ring (bicyclic) bond motifs is 6. The van der Waals surface area contributed by atoms with Crippen LogP contribution in [0.4, 0.5) is 17.2 Å². The lowest BCUT2D eigenvalue weighted by Crippen LogP contribution is -2.31. The zero-order valence-corrected chi connectivity index (χ0v) is 23.3. The molecular formula is C37H27N3O2. The smallest absolute Gasteiger partial charge is 0.154 e. The van der Waals surface area contributed by atoms with Gasteiger partial charge >= 0.3 is 0 Å². The van der Waals surface area contributed by atoms with Crippen LogP contribution in [-0.4, -0.2) is 9.97 Å². The van der Waals surface area contributed by atoms with E-state index in [0.717, 1.165) is 67.5 Å². The minimum absolute atomic E-state index is 0.304. The van der Waals surface area contributed by atoms with E-state index in [0.29, 0.717) is 0 Å². The molecule has 1 aliphatic rings. The zero-order chi connectivity index (χ0) is 28.3. The molecule has 0 amide bonds. The Hall–Kier alpha value is -5.42. The first-order valence-corrected chi connectivity index (χ1v) is 14.1. The van der Waals surface area contributed by atoms with Gasteiger partial charge in [0.2, 0.25) is 0 Å². The first-order chi connectivity index (χ1) is 20.6. The number of anilines is 3. The van der Waals surface area contributed by atoms with E-state index in [1.165, 1.54) is 5.56 Å². The number of pyridine rings is 2. The maximum Gasteiger partial charge on any atom is 0.154 e. The van der Waals surface area contributed by atoms with Gasteiger partial charge in [0, 0.05) is 39.6 Å². The van der Waals surface area contributed by atoms with Gasteiger partial charge in [-0.1, -0.05) is 74.5 Å². The van der Waals surface area contributed by atoms with E-state index in [4.69, 9.17) is 14.1 Å². The van der Waals surface area contributed by atoms with Crippen LogP contribution in [0.5, 0.6) is 11.5 Å². The summed E-state index contributed by atoms with van der Waals surface area (Å²) >= 11 is 0. The van der Waals surface area contributed by atoms with Crippen molar-refractivity contribution in [3.05, 3.63) is 139 Å². The number of aromatic nitrogens is 2. The molecule has 7 aromatic rings. The van der Waals surface area contributed by atoms with E-state index in [9.17, 15) is 0 Å². The third kappa shape index (κ3) is 3.78. The quantitative estimate of drug-likeness (QED) is 0.220. The first kappa shape index (κ1) is 24.4. The summed E-state index contributed by atoms with van der Waals surface area (Å²) in [5, 5.41) is 2.21. The lowest BCUT2D eigenvalue weighted by atomic mass is 9.73. The second-order valence-corrected chi connectivity index (χ2v) is 11.1. The van der Waals surface area contributed by atoms with Crippen molar-refractivity contribution in [2.24, 2.45) is 0 Å². The molecule has 4 heterocycles. The Morgan fingerprint density at radius 3 is 2.38 bits per heavy atom. The average Bonchev–Trinajstić information content (AvgIpc) is 3.41. The molecule has 0 N–H and O–H groups in total. The van der Waals surface area contributed by atoms with Gasteiger partial charge in [-0.05, 0) is 54.1 Å². The fourth-order valence-electron chi connectivity index (χ4n) is 6.25. The number of benzene rings is 4. The minimum Gasteiger partial charge on any atom is -0.457 e. The molecule has 0 saturated carbocycles. The largest absolute Gasteiger partial charge is 0.457 e. The molecule has 1 aliphatic heterocycles. The van der Waals surface area contributed by atoms with Crippen LogP contribution in [0.3, 0.4) is 0 Å². The number of hydrogen-bond donors (Lipinski definition) is 0. The van der Waals surface area contributed by atoms with Crippen molar-refractivity contribution >= 4 is 39.1 Å². The van der Waals surface area contributed by atoms with Crippen LogP contribution < -0.4 is 9.64 Å². The summed E-state index contributed by atoms with van der Waals surface area (Å²) in [6, 6.07) is 38.9. The van der Waals surface area contributed by atoms with Gasteiger partial charge in [-0.25, -0.2) is 4.98 Å². The topological polar surface area (TPSA) is 51.4 Å². The summed E-state index contributed by atoms with van der Waals surface area (Å²) in [7, 11) is 0. The lowest BCUT2D eigenvalue weighted by Gasteiger charge is -2.41. The Morgan fingerprint density at radius 2 is 1.50 bits per heavy atom. The van der Waals surface area contributed by atoms with Crippen molar-refractivity contribution in [2.45, 2.75) is 19.3 Å². The predicted molar refractivity (Wildman–Crippen MR) is 168 cm³/mol. The Balaban J connectivity index is 1.27. The second-order valence-electron chi connectivity index (χ2n) is 11.1. The van der Waals surface area contributed by atoms with Crippen LogP contribution in [0.25, 0.3) is 33.2 Å². The van der Waals surface area contributed by atoms with Gasteiger partial charge in [-0.2, -0.15) is 0 Å². The molecule has 0 atom stereocenters. The summed E-state index contributed by atoms with van der Waals surface area (Å²) in [5.41, 5.74) is 7.72. The normalized spacial score (nSPS) is 13.6. The van der Waals surface area contributed by atoms with Crippen LogP contribution in [-0.2, 0) is 5.41 Å². The van der Waals surface area contributed by atoms with Crippen molar-refractivity contribution in [2.75, 3.05) is 4.90 Å². The molecule has 0 spiro atoms. The van der Waals surface area contributed by atoms with Gasteiger partial charge < -0.3 is 9.15 Å². The van der Waals surface area contributed by atoms with E-state index >= 15 is 0 Å². The van der Waals surface area contributed by atoms with Crippen LogP contribution in [0.2, 0.25) is 0 Å². The number of ether oxygens (including phenoxy) is 1. The number of furan rings is 1. The van der Waals surface area contributed by atoms with Crippen LogP contribution >= 0.6 is 0 Å². The highest BCUT2D eigenvalue weighted by Crippen LogP contribution is 2.54. The number of rotatable bonds is 4.